The van der Waals surface area contributed by atoms with Gasteiger partial charge in [-0.15, -0.1) is 0 Å². The second kappa shape index (κ2) is 30.9. The van der Waals surface area contributed by atoms with Crippen molar-refractivity contribution in [2.75, 3.05) is 26.4 Å². The summed E-state index contributed by atoms with van der Waals surface area (Å²) in [6.07, 6.45) is 8.90. The third-order valence-corrected chi connectivity index (χ3v) is 11.8. The largest absolute Gasteiger partial charge is 0.494 e. The van der Waals surface area contributed by atoms with E-state index in [-0.39, 0.29) is 78.8 Å². The molecular formula is C60H60N6O14. The first-order valence-electron chi connectivity index (χ1n) is 25.5. The molecule has 0 saturated carbocycles. The fourth-order valence-electron chi connectivity index (χ4n) is 7.65. The van der Waals surface area contributed by atoms with E-state index in [2.05, 4.69) is 33.6 Å². The van der Waals surface area contributed by atoms with E-state index in [4.69, 9.17) is 39.9 Å². The Bertz CT molecular complexity index is 3020. The zero-order valence-corrected chi connectivity index (χ0v) is 43.8. The van der Waals surface area contributed by atoms with Crippen LogP contribution in [-0.4, -0.2) is 72.3 Å². The van der Waals surface area contributed by atoms with Crippen LogP contribution in [0.3, 0.4) is 0 Å². The highest BCUT2D eigenvalue weighted by atomic mass is 16.5. The first-order chi connectivity index (χ1) is 38.8. The van der Waals surface area contributed by atoms with E-state index < -0.39 is 48.9 Å². The molecule has 20 heteroatoms. The molecular weight excluding hydrogens is 1030 g/mol. The second-order valence-electron chi connectivity index (χ2n) is 17.6. The highest BCUT2D eigenvalue weighted by Crippen LogP contribution is 2.35. The number of unbranched alkanes of at least 4 members (excludes halogenated alkanes) is 6. The molecule has 0 aliphatic heterocycles. The molecule has 414 valence electrons. The van der Waals surface area contributed by atoms with Crippen LogP contribution in [0.1, 0.15) is 104 Å². The predicted molar refractivity (Wildman–Crippen MR) is 295 cm³/mol. The van der Waals surface area contributed by atoms with Gasteiger partial charge in [0.2, 0.25) is 11.8 Å². The number of ether oxygens (including phenoxy) is 6. The molecule has 0 aliphatic carbocycles. The van der Waals surface area contributed by atoms with Crippen LogP contribution in [0.25, 0.3) is 11.1 Å². The topological polar surface area (TPSA) is 300 Å². The Morgan fingerprint density at radius 3 is 1.11 bits per heavy atom. The van der Waals surface area contributed by atoms with Crippen LogP contribution in [-0.2, 0) is 32.3 Å². The van der Waals surface area contributed by atoms with Crippen LogP contribution in [0.15, 0.2) is 167 Å². The van der Waals surface area contributed by atoms with Crippen LogP contribution < -0.4 is 30.4 Å². The molecule has 0 aromatic heterocycles. The molecule has 0 spiro atoms. The summed E-state index contributed by atoms with van der Waals surface area (Å²) in [6.45, 7) is 7.39. The van der Waals surface area contributed by atoms with Crippen molar-refractivity contribution in [3.63, 3.8) is 0 Å². The maximum absolute atomic E-state index is 13.0. The number of aliphatic hydroxyl groups excluding tert-OH is 2. The molecule has 20 nitrogen and oxygen atoms in total. The molecule has 0 fully saturated rings. The Kier molecular flexibility index (Phi) is 23.0. The van der Waals surface area contributed by atoms with Gasteiger partial charge in [0.1, 0.15) is 23.0 Å². The molecule has 0 unspecified atom stereocenters. The summed E-state index contributed by atoms with van der Waals surface area (Å²) in [7, 11) is 0. The Morgan fingerprint density at radius 1 is 0.438 bits per heavy atom. The molecule has 6 N–H and O–H groups in total. The van der Waals surface area contributed by atoms with Crippen LogP contribution in [0, 0.1) is 0 Å². The number of carbonyl (C=O) groups excluding carboxylic acids is 6. The maximum atomic E-state index is 13.0. The van der Waals surface area contributed by atoms with Gasteiger partial charge in [-0.05, 0) is 172 Å². The van der Waals surface area contributed by atoms with Gasteiger partial charge in [0.05, 0.1) is 73.5 Å². The van der Waals surface area contributed by atoms with E-state index in [1.165, 1.54) is 60.7 Å². The standard InChI is InChI=1S/C60H60N6O14/c1-3-55(69)77-31-11-7-5-9-29-75-47-21-13-39(14-22-47)59(73)79-53-27-19-43(33-41(53)37-67)63-65-45-17-25-49(51(35-45)57(61)71)50-26-18-46(36-52(50)58(62)72)66-64-44-20-28-54(42(34-44)38-68)80-60(74)40-15-23-48(24-16-40)76-30-10-6-8-12-32-78-56(70)4-2/h3-4,13-28,33-36,67-68H,1-2,5-12,29-32,37-38H2,(H2,61,71)(H2,62,72). The van der Waals surface area contributed by atoms with Crippen molar-refractivity contribution in [1.82, 2.24) is 0 Å². The SMILES string of the molecule is C=CC(=O)OCCCCCCOc1ccc(C(=O)Oc2ccc(N=Nc3ccc(-c4ccc(N=Nc5ccc(OC(=O)c6ccc(OCCCCCCOC(=O)C=C)cc6)c(CO)c5)cc4C(N)=O)c(C(N)=O)c3)cc2CO)cc1. The molecule has 6 rings (SSSR count). The van der Waals surface area contributed by atoms with E-state index in [9.17, 15) is 39.0 Å². The number of esters is 4. The lowest BCUT2D eigenvalue weighted by Crippen LogP contribution is -2.15. The van der Waals surface area contributed by atoms with Crippen molar-refractivity contribution in [1.29, 1.82) is 0 Å². The van der Waals surface area contributed by atoms with Crippen molar-refractivity contribution >= 4 is 58.4 Å². The van der Waals surface area contributed by atoms with E-state index in [0.29, 0.717) is 37.9 Å². The molecule has 2 amide bonds. The first-order valence-corrected chi connectivity index (χ1v) is 25.5. The number of aliphatic hydroxyl groups is 2. The zero-order valence-electron chi connectivity index (χ0n) is 43.8. The average molecular weight is 1090 g/mol. The van der Waals surface area contributed by atoms with Crippen molar-refractivity contribution in [3.05, 3.63) is 180 Å². The summed E-state index contributed by atoms with van der Waals surface area (Å²) in [5, 5.41) is 37.3. The number of rotatable bonds is 31. The monoisotopic (exact) mass is 1090 g/mol. The summed E-state index contributed by atoms with van der Waals surface area (Å²) < 4.78 is 32.7. The predicted octanol–water partition coefficient (Wildman–Crippen LogP) is 11.1. The normalized spacial score (nSPS) is 11.0. The number of carbonyl (C=O) groups is 6. The fraction of sp³-hybridized carbons (Fsp3) is 0.233. The number of hydrogen-bond acceptors (Lipinski definition) is 18. The highest BCUT2D eigenvalue weighted by molar-refractivity contribution is 6.06. The lowest BCUT2D eigenvalue weighted by atomic mass is 9.94. The minimum absolute atomic E-state index is 0.00130. The quantitative estimate of drug-likeness (QED) is 0.0103. The van der Waals surface area contributed by atoms with Crippen molar-refractivity contribution in [2.45, 2.75) is 64.6 Å². The third kappa shape index (κ3) is 18.2. The van der Waals surface area contributed by atoms with Gasteiger partial charge in [0.25, 0.3) is 0 Å². The lowest BCUT2D eigenvalue weighted by Gasteiger charge is -2.12. The first kappa shape index (κ1) is 59.6. The van der Waals surface area contributed by atoms with E-state index >= 15 is 0 Å². The van der Waals surface area contributed by atoms with Crippen LogP contribution >= 0.6 is 0 Å². The molecule has 0 saturated heterocycles. The smallest absolute Gasteiger partial charge is 0.343 e. The number of nitrogens with two attached hydrogens (primary N) is 2. The molecule has 6 aromatic carbocycles. The van der Waals surface area contributed by atoms with Gasteiger partial charge in [0.15, 0.2) is 0 Å². The van der Waals surface area contributed by atoms with Crippen LogP contribution in [0.5, 0.6) is 23.0 Å². The summed E-state index contributed by atoms with van der Waals surface area (Å²) in [5.74, 6) is -2.49. The van der Waals surface area contributed by atoms with Crippen molar-refractivity contribution < 1.29 is 67.4 Å². The minimum Gasteiger partial charge on any atom is -0.494 e. The van der Waals surface area contributed by atoms with E-state index in [1.807, 2.05) is 0 Å². The second-order valence-corrected chi connectivity index (χ2v) is 17.6. The summed E-state index contributed by atoms with van der Waals surface area (Å²) in [5.41, 5.74) is 14.2. The van der Waals surface area contributed by atoms with Gasteiger partial charge in [-0.3, -0.25) is 9.59 Å². The Morgan fingerprint density at radius 2 is 0.775 bits per heavy atom. The van der Waals surface area contributed by atoms with Gasteiger partial charge in [-0.2, -0.15) is 20.5 Å². The fourth-order valence-corrected chi connectivity index (χ4v) is 7.65. The minimum atomic E-state index is -0.833. The van der Waals surface area contributed by atoms with Gasteiger partial charge in [0, 0.05) is 34.4 Å². The molecule has 0 aliphatic rings. The summed E-state index contributed by atoms with van der Waals surface area (Å²) >= 11 is 0. The van der Waals surface area contributed by atoms with Crippen molar-refractivity contribution in [2.24, 2.45) is 31.9 Å². The highest BCUT2D eigenvalue weighted by Gasteiger charge is 2.19. The van der Waals surface area contributed by atoms with Gasteiger partial charge >= 0.3 is 23.9 Å². The molecule has 0 radical (unpaired) electrons. The molecule has 80 heavy (non-hydrogen) atoms. The molecule has 0 atom stereocenters. The lowest BCUT2D eigenvalue weighted by molar-refractivity contribution is -0.138. The Hall–Kier alpha value is -9.66. The number of nitrogens with zero attached hydrogens (tertiary/aromatic N) is 4. The number of amides is 2. The molecule has 0 bridgehead atoms. The van der Waals surface area contributed by atoms with Gasteiger partial charge in [-0.1, -0.05) is 25.3 Å². The van der Waals surface area contributed by atoms with Crippen molar-refractivity contribution in [3.8, 4) is 34.1 Å². The number of primary amides is 2. The summed E-state index contributed by atoms with van der Waals surface area (Å²) in [4.78, 5) is 73.9. The maximum Gasteiger partial charge on any atom is 0.343 e. The molecule has 6 aromatic rings. The van der Waals surface area contributed by atoms with Crippen LogP contribution in [0.2, 0.25) is 0 Å². The average Bonchev–Trinajstić information content (AvgIpc) is 3.50. The Balaban J connectivity index is 1.03. The van der Waals surface area contributed by atoms with Gasteiger partial charge in [-0.25, -0.2) is 19.2 Å². The summed E-state index contributed by atoms with van der Waals surface area (Å²) in [6, 6.07) is 30.8. The Labute approximate surface area is 461 Å². The number of azo groups is 2. The van der Waals surface area contributed by atoms with E-state index in [0.717, 1.165) is 63.5 Å². The number of hydrogen-bond donors (Lipinski definition) is 4. The van der Waals surface area contributed by atoms with Gasteiger partial charge < -0.3 is 50.1 Å². The van der Waals surface area contributed by atoms with E-state index in [1.54, 1.807) is 60.7 Å². The van der Waals surface area contributed by atoms with Crippen LogP contribution in [0.4, 0.5) is 22.7 Å². The molecule has 0 heterocycles. The number of benzene rings is 6. The zero-order chi connectivity index (χ0) is 57.2. The third-order valence-electron chi connectivity index (χ3n) is 11.8.